The Morgan fingerprint density at radius 2 is 2.07 bits per heavy atom. The molecule has 1 atom stereocenters. The highest BCUT2D eigenvalue weighted by Crippen LogP contribution is 2.40. The zero-order chi connectivity index (χ0) is 20.7. The second-order valence-electron chi connectivity index (χ2n) is 7.95. The summed E-state index contributed by atoms with van der Waals surface area (Å²) < 4.78 is 8.27. The van der Waals surface area contributed by atoms with Crippen molar-refractivity contribution in [3.63, 3.8) is 0 Å². The van der Waals surface area contributed by atoms with E-state index in [0.717, 1.165) is 29.8 Å². The van der Waals surface area contributed by atoms with Gasteiger partial charge in [0.1, 0.15) is 0 Å². The van der Waals surface area contributed by atoms with Crippen LogP contribution >= 0.6 is 0 Å². The lowest BCUT2D eigenvalue weighted by Gasteiger charge is -2.39. The van der Waals surface area contributed by atoms with Crippen LogP contribution in [0.4, 0.5) is 5.69 Å². The second-order valence-corrected chi connectivity index (χ2v) is 7.95. The topological polar surface area (TPSA) is 55.0 Å². The normalized spacial score (nSPS) is 18.7. The quantitative estimate of drug-likeness (QED) is 0.644. The number of benzene rings is 1. The minimum Gasteiger partial charge on any atom is -0.475 e. The van der Waals surface area contributed by atoms with Crippen molar-refractivity contribution in [2.24, 2.45) is 17.0 Å². The van der Waals surface area contributed by atoms with E-state index in [9.17, 15) is 0 Å². The lowest BCUT2D eigenvalue weighted by Crippen LogP contribution is -2.37. The van der Waals surface area contributed by atoms with E-state index >= 15 is 0 Å². The van der Waals surface area contributed by atoms with Gasteiger partial charge in [0.05, 0.1) is 11.7 Å². The van der Waals surface area contributed by atoms with Crippen molar-refractivity contribution >= 4 is 28.7 Å². The van der Waals surface area contributed by atoms with Crippen LogP contribution in [0.25, 0.3) is 10.9 Å². The van der Waals surface area contributed by atoms with Crippen molar-refractivity contribution in [1.82, 2.24) is 9.55 Å². The number of ether oxygens (including phenoxy) is 1. The maximum absolute atomic E-state index is 6.12. The van der Waals surface area contributed by atoms with Gasteiger partial charge in [-0.25, -0.2) is 4.99 Å². The van der Waals surface area contributed by atoms with Crippen LogP contribution in [0.3, 0.4) is 0 Å². The molecule has 0 N–H and O–H groups in total. The molecule has 0 spiro atoms. The van der Waals surface area contributed by atoms with Gasteiger partial charge >= 0.3 is 0 Å². The summed E-state index contributed by atoms with van der Waals surface area (Å²) in [6.45, 7) is 4.81. The van der Waals surface area contributed by atoms with Gasteiger partial charge in [0.15, 0.2) is 6.17 Å². The van der Waals surface area contributed by atoms with E-state index in [1.54, 1.807) is 6.20 Å². The number of anilines is 1. The van der Waals surface area contributed by atoms with E-state index < -0.39 is 0 Å². The van der Waals surface area contributed by atoms with Gasteiger partial charge in [0.2, 0.25) is 5.90 Å². The maximum Gasteiger partial charge on any atom is 0.222 e. The Kier molecular flexibility index (Phi) is 4.62. The van der Waals surface area contributed by atoms with E-state index in [2.05, 4.69) is 63.0 Å². The van der Waals surface area contributed by atoms with E-state index in [1.165, 1.54) is 16.6 Å². The van der Waals surface area contributed by atoms with Crippen LogP contribution in [0.5, 0.6) is 0 Å². The largest absolute Gasteiger partial charge is 0.475 e. The van der Waals surface area contributed by atoms with Crippen LogP contribution in [-0.4, -0.2) is 34.3 Å². The summed E-state index contributed by atoms with van der Waals surface area (Å²) in [5.41, 5.74) is 5.49. The van der Waals surface area contributed by atoms with Crippen LogP contribution in [0.1, 0.15) is 32.0 Å². The number of pyridine rings is 1. The van der Waals surface area contributed by atoms with Gasteiger partial charge in [-0.1, -0.05) is 12.1 Å². The Morgan fingerprint density at radius 1 is 1.17 bits per heavy atom. The molecule has 0 bridgehead atoms. The minimum absolute atomic E-state index is 0.0358. The molecule has 0 radical (unpaired) electrons. The summed E-state index contributed by atoms with van der Waals surface area (Å²) in [6.07, 6.45) is 8.32. The highest BCUT2D eigenvalue weighted by molar-refractivity contribution is 6.14. The molecule has 152 valence electrons. The van der Waals surface area contributed by atoms with Crippen LogP contribution in [0, 0.1) is 0 Å². The maximum atomic E-state index is 6.12. The smallest absolute Gasteiger partial charge is 0.222 e. The predicted molar refractivity (Wildman–Crippen MR) is 121 cm³/mol. The molecule has 0 fully saturated rings. The third kappa shape index (κ3) is 3.18. The molecule has 2 aromatic heterocycles. The zero-order valence-electron chi connectivity index (χ0n) is 17.5. The van der Waals surface area contributed by atoms with Gasteiger partial charge in [0.25, 0.3) is 0 Å². The van der Waals surface area contributed by atoms with E-state index in [0.29, 0.717) is 5.90 Å². The number of hydrogen-bond acceptors (Lipinski definition) is 5. The van der Waals surface area contributed by atoms with Crippen molar-refractivity contribution in [2.75, 3.05) is 11.4 Å². The molecule has 0 saturated carbocycles. The Hall–Kier alpha value is -3.41. The summed E-state index contributed by atoms with van der Waals surface area (Å²) in [6, 6.07) is 12.7. The highest BCUT2D eigenvalue weighted by Gasteiger charge is 2.34. The molecule has 30 heavy (non-hydrogen) atoms. The molecule has 0 amide bonds. The summed E-state index contributed by atoms with van der Waals surface area (Å²) in [5, 5.41) is 1.22. The van der Waals surface area contributed by atoms with E-state index in [1.807, 2.05) is 32.3 Å². The molecular formula is C24H25N5O. The number of aliphatic imine (C=N–C) groups is 2. The fourth-order valence-electron chi connectivity index (χ4n) is 4.12. The van der Waals surface area contributed by atoms with Gasteiger partial charge in [0, 0.05) is 67.3 Å². The van der Waals surface area contributed by atoms with Gasteiger partial charge in [-0.05, 0) is 43.5 Å². The zero-order valence-corrected chi connectivity index (χ0v) is 17.5. The molecule has 6 nitrogen and oxygen atoms in total. The molecule has 2 aliphatic heterocycles. The molecule has 5 rings (SSSR count). The molecule has 2 aliphatic rings. The monoisotopic (exact) mass is 399 g/mol. The first-order valence-electron chi connectivity index (χ1n) is 10.3. The Labute approximate surface area is 176 Å². The van der Waals surface area contributed by atoms with Gasteiger partial charge in [-0.2, -0.15) is 0 Å². The molecule has 3 aromatic rings. The summed E-state index contributed by atoms with van der Waals surface area (Å²) in [7, 11) is 2.08. The third-order valence-corrected chi connectivity index (χ3v) is 5.49. The van der Waals surface area contributed by atoms with E-state index in [4.69, 9.17) is 9.73 Å². The number of hydrogen-bond donors (Lipinski definition) is 0. The average Bonchev–Trinajstić information content (AvgIpc) is 3.14. The van der Waals surface area contributed by atoms with Crippen LogP contribution in [0.2, 0.25) is 0 Å². The van der Waals surface area contributed by atoms with Crippen molar-refractivity contribution in [3.8, 4) is 0 Å². The Morgan fingerprint density at radius 3 is 2.87 bits per heavy atom. The first kappa shape index (κ1) is 18.6. The summed E-state index contributed by atoms with van der Waals surface area (Å²) >= 11 is 0. The van der Waals surface area contributed by atoms with Crippen molar-refractivity contribution in [3.05, 3.63) is 71.8 Å². The van der Waals surface area contributed by atoms with Gasteiger partial charge in [-0.15, -0.1) is 0 Å². The molecule has 1 aromatic carbocycles. The van der Waals surface area contributed by atoms with Crippen molar-refractivity contribution < 1.29 is 4.74 Å². The molecular weight excluding hydrogens is 374 g/mol. The lowest BCUT2D eigenvalue weighted by atomic mass is 10.0. The van der Waals surface area contributed by atoms with Gasteiger partial charge < -0.3 is 14.2 Å². The Balaban J connectivity index is 1.70. The molecule has 4 heterocycles. The predicted octanol–water partition coefficient (Wildman–Crippen LogP) is 4.64. The van der Waals surface area contributed by atoms with Crippen LogP contribution < -0.4 is 4.90 Å². The third-order valence-electron chi connectivity index (χ3n) is 5.49. The number of aryl methyl sites for hydroxylation is 1. The molecule has 1 unspecified atom stereocenters. The minimum atomic E-state index is -0.240. The summed E-state index contributed by atoms with van der Waals surface area (Å²) in [4.78, 5) is 16.2. The van der Waals surface area contributed by atoms with Crippen LogP contribution in [0.15, 0.2) is 76.2 Å². The second kappa shape index (κ2) is 7.44. The SMILES string of the molecule is CC(C)OC1=NC(c2cccnc2)N(c2ccc3ccn(C)c3c2)C2=C1C=NCC2. The molecule has 0 saturated heterocycles. The van der Waals surface area contributed by atoms with E-state index in [-0.39, 0.29) is 12.3 Å². The number of aromatic nitrogens is 2. The fraction of sp³-hybridized carbons (Fsp3) is 0.292. The first-order chi connectivity index (χ1) is 14.6. The number of rotatable bonds is 3. The lowest BCUT2D eigenvalue weighted by molar-refractivity contribution is 0.226. The molecule has 0 aliphatic carbocycles. The Bertz CT molecular complexity index is 1170. The summed E-state index contributed by atoms with van der Waals surface area (Å²) in [5.74, 6) is 0.661. The number of nitrogens with zero attached hydrogens (tertiary/aromatic N) is 5. The fourth-order valence-corrected chi connectivity index (χ4v) is 4.12. The van der Waals surface area contributed by atoms with Crippen LogP contribution in [-0.2, 0) is 11.8 Å². The van der Waals surface area contributed by atoms with Crippen molar-refractivity contribution in [2.45, 2.75) is 32.5 Å². The van der Waals surface area contributed by atoms with Crippen molar-refractivity contribution in [1.29, 1.82) is 0 Å². The number of dihydropyridines is 1. The number of fused-ring (bicyclic) bond motifs is 1. The standard InChI is InChI=1S/C24H25N5O/c1-16(2)30-24-20-15-26-11-8-21(20)29(23(27-24)18-5-4-10-25-14-18)19-7-6-17-9-12-28(3)22(17)13-19/h4-7,9-10,12-16,23H,8,11H2,1-3H3. The van der Waals surface area contributed by atoms with Gasteiger partial charge in [-0.3, -0.25) is 9.98 Å². The average molecular weight is 399 g/mol. The highest BCUT2D eigenvalue weighted by atomic mass is 16.5. The first-order valence-corrected chi connectivity index (χ1v) is 10.3. The molecule has 6 heteroatoms.